The van der Waals surface area contributed by atoms with Gasteiger partial charge in [0.05, 0.1) is 11.5 Å². The van der Waals surface area contributed by atoms with Gasteiger partial charge < -0.3 is 10.6 Å². The third kappa shape index (κ3) is 4.04. The van der Waals surface area contributed by atoms with Crippen molar-refractivity contribution in [1.82, 2.24) is 10.3 Å². The Morgan fingerprint density at radius 1 is 1.32 bits per heavy atom. The van der Waals surface area contributed by atoms with Crippen LogP contribution in [0, 0.1) is 17.0 Å². The van der Waals surface area contributed by atoms with Crippen molar-refractivity contribution in [3.63, 3.8) is 0 Å². The number of anilines is 1. The van der Waals surface area contributed by atoms with Crippen LogP contribution in [0.25, 0.3) is 10.9 Å². The predicted molar refractivity (Wildman–Crippen MR) is 96.6 cm³/mol. The topological polar surface area (TPSA) is 97.2 Å². The molecular formula is C18H22N4O3. The van der Waals surface area contributed by atoms with E-state index in [0.717, 1.165) is 25.7 Å². The van der Waals surface area contributed by atoms with Gasteiger partial charge in [-0.15, -0.1) is 0 Å². The average Bonchev–Trinajstić information content (AvgIpc) is 2.59. The molecule has 0 unspecified atom stereocenters. The summed E-state index contributed by atoms with van der Waals surface area (Å²) in [7, 11) is 0. The van der Waals surface area contributed by atoms with Crippen LogP contribution in [-0.2, 0) is 4.79 Å². The summed E-state index contributed by atoms with van der Waals surface area (Å²) < 4.78 is 0. The third-order valence-electron chi connectivity index (χ3n) is 4.55. The highest BCUT2D eigenvalue weighted by atomic mass is 16.6. The largest absolute Gasteiger partial charge is 0.376 e. The van der Waals surface area contributed by atoms with E-state index in [1.807, 2.05) is 0 Å². The minimum absolute atomic E-state index is 0.0316. The van der Waals surface area contributed by atoms with Crippen molar-refractivity contribution in [2.45, 2.75) is 45.1 Å². The Hall–Kier alpha value is -2.70. The summed E-state index contributed by atoms with van der Waals surface area (Å²) in [6.45, 7) is 1.92. The van der Waals surface area contributed by atoms with Gasteiger partial charge in [-0.2, -0.15) is 0 Å². The molecule has 7 nitrogen and oxygen atoms in total. The number of nitro benzene ring substituents is 1. The van der Waals surface area contributed by atoms with Crippen LogP contribution >= 0.6 is 0 Å². The molecule has 1 heterocycles. The highest BCUT2D eigenvalue weighted by molar-refractivity contribution is 5.97. The lowest BCUT2D eigenvalue weighted by Gasteiger charge is -2.23. The van der Waals surface area contributed by atoms with Gasteiger partial charge in [-0.25, -0.2) is 4.98 Å². The minimum Gasteiger partial charge on any atom is -0.376 e. The number of pyridine rings is 1. The minimum atomic E-state index is -0.436. The molecule has 2 N–H and O–H groups in total. The number of amides is 1. The fourth-order valence-electron chi connectivity index (χ4n) is 3.36. The number of benzene rings is 1. The molecule has 1 saturated carbocycles. The van der Waals surface area contributed by atoms with Crippen LogP contribution in [0.5, 0.6) is 0 Å². The first-order valence-electron chi connectivity index (χ1n) is 8.62. The van der Waals surface area contributed by atoms with E-state index in [4.69, 9.17) is 0 Å². The molecule has 3 rings (SSSR count). The zero-order chi connectivity index (χ0) is 17.8. The molecule has 0 spiro atoms. The zero-order valence-corrected chi connectivity index (χ0v) is 14.2. The Morgan fingerprint density at radius 3 is 2.80 bits per heavy atom. The van der Waals surface area contributed by atoms with Gasteiger partial charge in [0.15, 0.2) is 5.52 Å². The highest BCUT2D eigenvalue weighted by Gasteiger charge is 2.17. The van der Waals surface area contributed by atoms with Crippen LogP contribution in [0.15, 0.2) is 24.3 Å². The van der Waals surface area contributed by atoms with E-state index in [1.165, 1.54) is 12.5 Å². The number of hydrogen-bond donors (Lipinski definition) is 2. The van der Waals surface area contributed by atoms with E-state index in [1.54, 1.807) is 25.1 Å². The summed E-state index contributed by atoms with van der Waals surface area (Å²) in [5.74, 6) is -0.0556. The fourth-order valence-corrected chi connectivity index (χ4v) is 3.36. The monoisotopic (exact) mass is 342 g/mol. The number of nitrogens with one attached hydrogen (secondary N) is 2. The molecule has 0 bridgehead atoms. The summed E-state index contributed by atoms with van der Waals surface area (Å²) >= 11 is 0. The first kappa shape index (κ1) is 17.1. The zero-order valence-electron chi connectivity index (χ0n) is 14.2. The van der Waals surface area contributed by atoms with E-state index in [9.17, 15) is 14.9 Å². The summed E-state index contributed by atoms with van der Waals surface area (Å²) in [6.07, 6.45) is 5.64. The molecule has 0 atom stereocenters. The smallest absolute Gasteiger partial charge is 0.295 e. The van der Waals surface area contributed by atoms with E-state index in [0.29, 0.717) is 22.3 Å². The number of aromatic nitrogens is 1. The lowest BCUT2D eigenvalue weighted by atomic mass is 9.95. The van der Waals surface area contributed by atoms with Crippen LogP contribution in [0.4, 0.5) is 11.4 Å². The van der Waals surface area contributed by atoms with Crippen LogP contribution in [0.3, 0.4) is 0 Å². The van der Waals surface area contributed by atoms with Gasteiger partial charge in [-0.1, -0.05) is 31.4 Å². The Morgan fingerprint density at radius 2 is 2.08 bits per heavy atom. The van der Waals surface area contributed by atoms with Crippen molar-refractivity contribution in [3.8, 4) is 0 Å². The molecule has 132 valence electrons. The first-order chi connectivity index (χ1) is 12.0. The van der Waals surface area contributed by atoms with Gasteiger partial charge in [-0.3, -0.25) is 14.9 Å². The van der Waals surface area contributed by atoms with Gasteiger partial charge in [0, 0.05) is 28.9 Å². The Kier molecular flexibility index (Phi) is 5.11. The normalized spacial score (nSPS) is 15.1. The van der Waals surface area contributed by atoms with E-state index in [-0.39, 0.29) is 24.2 Å². The molecule has 0 aliphatic heterocycles. The van der Waals surface area contributed by atoms with Crippen molar-refractivity contribution in [1.29, 1.82) is 0 Å². The second-order valence-electron chi connectivity index (χ2n) is 6.50. The summed E-state index contributed by atoms with van der Waals surface area (Å²) in [6, 6.07) is 6.91. The molecule has 1 aliphatic rings. The van der Waals surface area contributed by atoms with Crippen LogP contribution in [-0.4, -0.2) is 28.4 Å². The molecule has 1 aromatic heterocycles. The first-order valence-corrected chi connectivity index (χ1v) is 8.62. The maximum atomic E-state index is 12.2. The van der Waals surface area contributed by atoms with Gasteiger partial charge in [0.2, 0.25) is 5.91 Å². The lowest BCUT2D eigenvalue weighted by molar-refractivity contribution is -0.383. The van der Waals surface area contributed by atoms with Gasteiger partial charge in [0.25, 0.3) is 5.69 Å². The summed E-state index contributed by atoms with van der Waals surface area (Å²) in [4.78, 5) is 27.2. The molecule has 0 radical (unpaired) electrons. The predicted octanol–water partition coefficient (Wildman–Crippen LogP) is 3.31. The van der Waals surface area contributed by atoms with Crippen molar-refractivity contribution < 1.29 is 9.72 Å². The van der Waals surface area contributed by atoms with Crippen LogP contribution < -0.4 is 10.6 Å². The van der Waals surface area contributed by atoms with E-state index in [2.05, 4.69) is 15.6 Å². The number of nitrogens with zero attached hydrogens (tertiary/aromatic N) is 2. The molecule has 1 aromatic carbocycles. The molecular weight excluding hydrogens is 320 g/mol. The van der Waals surface area contributed by atoms with Gasteiger partial charge in [-0.05, 0) is 25.8 Å². The third-order valence-corrected chi connectivity index (χ3v) is 4.55. The second-order valence-corrected chi connectivity index (χ2v) is 6.50. The fraction of sp³-hybridized carbons (Fsp3) is 0.444. The molecule has 1 aliphatic carbocycles. The molecule has 25 heavy (non-hydrogen) atoms. The van der Waals surface area contributed by atoms with Gasteiger partial charge >= 0.3 is 0 Å². The van der Waals surface area contributed by atoms with E-state index < -0.39 is 4.92 Å². The Balaban J connectivity index is 1.75. The Labute approximate surface area is 146 Å². The van der Waals surface area contributed by atoms with Crippen molar-refractivity contribution in [3.05, 3.63) is 40.1 Å². The number of aryl methyl sites for hydroxylation is 1. The highest BCUT2D eigenvalue weighted by Crippen LogP contribution is 2.29. The second kappa shape index (κ2) is 7.46. The van der Waals surface area contributed by atoms with Crippen LogP contribution in [0.1, 0.15) is 37.8 Å². The Bertz CT molecular complexity index is 800. The number of nitro groups is 1. The standard InChI is InChI=1S/C18H22N4O3/c1-12-10-15(14-8-5-9-16(22(24)25)18(14)20-12)19-11-17(23)21-13-6-3-2-4-7-13/h5,8-10,13H,2-4,6-7,11H2,1H3,(H,19,20)(H,21,23). The molecule has 7 heteroatoms. The number of carbonyl (C=O) groups is 1. The number of non-ortho nitro benzene ring substituents is 1. The quantitative estimate of drug-likeness (QED) is 0.642. The van der Waals surface area contributed by atoms with Crippen molar-refractivity contribution >= 4 is 28.2 Å². The number of rotatable bonds is 5. The van der Waals surface area contributed by atoms with Crippen molar-refractivity contribution in [2.24, 2.45) is 0 Å². The number of hydrogen-bond acceptors (Lipinski definition) is 5. The lowest BCUT2D eigenvalue weighted by Crippen LogP contribution is -2.39. The van der Waals surface area contributed by atoms with Crippen molar-refractivity contribution in [2.75, 3.05) is 11.9 Å². The summed E-state index contributed by atoms with van der Waals surface area (Å²) in [5, 5.41) is 18.0. The maximum absolute atomic E-state index is 12.2. The SMILES string of the molecule is Cc1cc(NCC(=O)NC2CCCCC2)c2cccc([N+](=O)[O-])c2n1. The molecule has 1 amide bonds. The molecule has 0 saturated heterocycles. The number of para-hydroxylation sites is 1. The maximum Gasteiger partial charge on any atom is 0.295 e. The van der Waals surface area contributed by atoms with Crippen LogP contribution in [0.2, 0.25) is 0 Å². The molecule has 2 aromatic rings. The molecule has 1 fully saturated rings. The number of carbonyl (C=O) groups excluding carboxylic acids is 1. The number of fused-ring (bicyclic) bond motifs is 1. The van der Waals surface area contributed by atoms with Gasteiger partial charge in [0.1, 0.15) is 0 Å². The average molecular weight is 342 g/mol. The summed E-state index contributed by atoms with van der Waals surface area (Å²) in [5.41, 5.74) is 1.65. The van der Waals surface area contributed by atoms with E-state index >= 15 is 0 Å².